The van der Waals surface area contributed by atoms with Crippen molar-refractivity contribution in [1.29, 1.82) is 0 Å². The highest BCUT2D eigenvalue weighted by Gasteiger charge is 2.21. The lowest BCUT2D eigenvalue weighted by Crippen LogP contribution is -2.10. The molecule has 0 saturated heterocycles. The van der Waals surface area contributed by atoms with Crippen LogP contribution in [0.5, 0.6) is 0 Å². The minimum atomic E-state index is 0.851. The summed E-state index contributed by atoms with van der Waals surface area (Å²) < 4.78 is 19.5. The number of benzene rings is 10. The summed E-state index contributed by atoms with van der Waals surface area (Å²) in [5, 5.41) is 11.2. The fourth-order valence-electron chi connectivity index (χ4n) is 9.54. The van der Waals surface area contributed by atoms with E-state index in [1.807, 2.05) is 12.1 Å². The van der Waals surface area contributed by atoms with Gasteiger partial charge in [-0.05, 0) is 99.8 Å². The van der Waals surface area contributed by atoms with Crippen LogP contribution in [0, 0.1) is 0 Å². The third-order valence-electron chi connectivity index (χ3n) is 12.3. The first-order valence-corrected chi connectivity index (χ1v) is 20.3. The molecule has 13 rings (SSSR count). The zero-order chi connectivity index (χ0) is 39.3. The number of hydrogen-bond acceptors (Lipinski definition) is 4. The predicted octanol–water partition coefficient (Wildman–Crippen LogP) is 16.5. The van der Waals surface area contributed by atoms with Crippen LogP contribution in [0.1, 0.15) is 0 Å². The molecule has 0 bridgehead atoms. The van der Waals surface area contributed by atoms with Crippen molar-refractivity contribution in [2.45, 2.75) is 0 Å². The van der Waals surface area contributed by atoms with Crippen molar-refractivity contribution >= 4 is 104 Å². The summed E-state index contributed by atoms with van der Waals surface area (Å²) in [4.78, 5) is 2.35. The molecule has 3 aromatic heterocycles. The smallest absolute Gasteiger partial charge is 0.143 e. The van der Waals surface area contributed by atoms with Gasteiger partial charge < -0.3 is 18.2 Å². The molecule has 4 heteroatoms. The van der Waals surface area contributed by atoms with Crippen molar-refractivity contribution in [1.82, 2.24) is 0 Å². The van der Waals surface area contributed by atoms with E-state index in [1.54, 1.807) is 0 Å². The van der Waals surface area contributed by atoms with Gasteiger partial charge in [0, 0.05) is 49.1 Å². The Bertz CT molecular complexity index is 3630. The number of hydrogen-bond donors (Lipinski definition) is 0. The zero-order valence-corrected chi connectivity index (χ0v) is 32.2. The van der Waals surface area contributed by atoms with Gasteiger partial charge in [0.1, 0.15) is 33.5 Å². The quantitative estimate of drug-likeness (QED) is 0.175. The number of anilines is 3. The summed E-state index contributed by atoms with van der Waals surface area (Å²) in [5.41, 5.74) is 13.0. The first kappa shape index (κ1) is 32.9. The van der Waals surface area contributed by atoms with Crippen LogP contribution in [0.15, 0.2) is 213 Å². The number of rotatable bonds is 5. The van der Waals surface area contributed by atoms with Crippen LogP contribution >= 0.6 is 0 Å². The predicted molar refractivity (Wildman–Crippen MR) is 249 cm³/mol. The molecule has 280 valence electrons. The Kier molecular flexibility index (Phi) is 6.98. The molecule has 0 unspecified atom stereocenters. The number of para-hydroxylation sites is 1. The molecule has 0 aliphatic rings. The normalized spacial score (nSPS) is 12.0. The van der Waals surface area contributed by atoms with Crippen molar-refractivity contribution in [3.05, 3.63) is 200 Å². The first-order valence-electron chi connectivity index (χ1n) is 20.3. The number of fused-ring (bicyclic) bond motifs is 13. The van der Waals surface area contributed by atoms with Gasteiger partial charge in [-0.3, -0.25) is 0 Å². The van der Waals surface area contributed by atoms with E-state index in [0.29, 0.717) is 0 Å². The summed E-state index contributed by atoms with van der Waals surface area (Å²) in [7, 11) is 0. The lowest BCUT2D eigenvalue weighted by Gasteiger charge is -2.26. The molecule has 0 N–H and O–H groups in total. The first-order chi connectivity index (χ1) is 29.7. The van der Waals surface area contributed by atoms with Crippen LogP contribution < -0.4 is 4.90 Å². The maximum atomic E-state index is 6.55. The van der Waals surface area contributed by atoms with Crippen molar-refractivity contribution in [3.8, 4) is 22.3 Å². The SMILES string of the molecule is c1ccc2c(c1)ccc1c2oc2cccc(-c3ccc(N(c4ccc(-c5cccc6oc7c8ccccc8ccc7c56)cc4)c4cccc5oc6ccccc6c45)cc3)c21. The van der Waals surface area contributed by atoms with E-state index >= 15 is 0 Å². The standard InChI is InChI=1S/C56H33NO3/c1-3-12-42-34(10-1)26-32-45-52-40(15-7-19-49(52)59-55(42)45)36-22-28-38(29-23-36)57(47-17-9-21-51-54(47)44-14-5-6-18-48(44)58-51)39-30-24-37(25-31-39)41-16-8-20-50-53(41)46-33-27-35-11-2-4-13-43(35)56(46)60-50/h1-33H. The molecule has 4 nitrogen and oxygen atoms in total. The van der Waals surface area contributed by atoms with Gasteiger partial charge in [-0.25, -0.2) is 0 Å². The van der Waals surface area contributed by atoms with Gasteiger partial charge in [0.25, 0.3) is 0 Å². The monoisotopic (exact) mass is 767 g/mol. The van der Waals surface area contributed by atoms with Crippen LogP contribution in [-0.2, 0) is 0 Å². The van der Waals surface area contributed by atoms with Crippen LogP contribution in [0.2, 0.25) is 0 Å². The van der Waals surface area contributed by atoms with Crippen molar-refractivity contribution < 1.29 is 13.3 Å². The molecule has 0 spiro atoms. The van der Waals surface area contributed by atoms with Crippen molar-refractivity contribution in [2.75, 3.05) is 4.90 Å². The minimum absolute atomic E-state index is 0.851. The largest absolute Gasteiger partial charge is 0.456 e. The molecule has 0 atom stereocenters. The molecule has 0 saturated carbocycles. The third-order valence-corrected chi connectivity index (χ3v) is 12.3. The molecule has 0 aliphatic carbocycles. The molecule has 0 amide bonds. The molecule has 0 radical (unpaired) electrons. The molecule has 13 aromatic rings. The maximum Gasteiger partial charge on any atom is 0.143 e. The molecular weight excluding hydrogens is 735 g/mol. The second-order valence-electron chi connectivity index (χ2n) is 15.6. The fourth-order valence-corrected chi connectivity index (χ4v) is 9.54. The number of furan rings is 3. The molecule has 60 heavy (non-hydrogen) atoms. The van der Waals surface area contributed by atoms with Crippen LogP contribution in [0.4, 0.5) is 17.1 Å². The zero-order valence-electron chi connectivity index (χ0n) is 32.2. The summed E-state index contributed by atoms with van der Waals surface area (Å²) in [6.45, 7) is 0. The topological polar surface area (TPSA) is 42.7 Å². The van der Waals surface area contributed by atoms with Crippen molar-refractivity contribution in [3.63, 3.8) is 0 Å². The summed E-state index contributed by atoms with van der Waals surface area (Å²) in [6.07, 6.45) is 0. The van der Waals surface area contributed by atoms with E-state index in [1.165, 1.54) is 10.8 Å². The van der Waals surface area contributed by atoms with E-state index in [4.69, 9.17) is 13.3 Å². The number of nitrogens with zero attached hydrogens (tertiary/aromatic N) is 1. The van der Waals surface area contributed by atoms with Crippen LogP contribution in [0.25, 0.3) is 110 Å². The summed E-state index contributed by atoms with van der Waals surface area (Å²) in [5.74, 6) is 0. The van der Waals surface area contributed by atoms with E-state index in [2.05, 4.69) is 193 Å². The fraction of sp³-hybridized carbons (Fsp3) is 0. The van der Waals surface area contributed by atoms with Gasteiger partial charge in [0.15, 0.2) is 0 Å². The molecule has 3 heterocycles. The molecule has 0 aliphatic heterocycles. The summed E-state index contributed by atoms with van der Waals surface area (Å²) >= 11 is 0. The summed E-state index contributed by atoms with van der Waals surface area (Å²) in [6, 6.07) is 70.8. The second-order valence-corrected chi connectivity index (χ2v) is 15.6. The molecular formula is C56H33NO3. The molecule has 0 fully saturated rings. The van der Waals surface area contributed by atoms with E-state index in [9.17, 15) is 0 Å². The minimum Gasteiger partial charge on any atom is -0.456 e. The Morgan fingerprint density at radius 2 is 0.733 bits per heavy atom. The Morgan fingerprint density at radius 3 is 1.28 bits per heavy atom. The Labute approximate surface area is 343 Å². The average Bonchev–Trinajstić information content (AvgIpc) is 4.02. The average molecular weight is 768 g/mol. The van der Waals surface area contributed by atoms with Gasteiger partial charge in [-0.2, -0.15) is 0 Å². The maximum absolute atomic E-state index is 6.55. The van der Waals surface area contributed by atoms with Crippen LogP contribution in [0.3, 0.4) is 0 Å². The van der Waals surface area contributed by atoms with Gasteiger partial charge in [-0.15, -0.1) is 0 Å². The highest BCUT2D eigenvalue weighted by atomic mass is 16.3. The van der Waals surface area contributed by atoms with E-state index < -0.39 is 0 Å². The third kappa shape index (κ3) is 4.85. The van der Waals surface area contributed by atoms with Gasteiger partial charge in [-0.1, -0.05) is 133 Å². The van der Waals surface area contributed by atoms with Crippen LogP contribution in [-0.4, -0.2) is 0 Å². The van der Waals surface area contributed by atoms with E-state index in [0.717, 1.165) is 116 Å². The Hall–Kier alpha value is -8.08. The van der Waals surface area contributed by atoms with Gasteiger partial charge in [0.05, 0.1) is 11.1 Å². The highest BCUT2D eigenvalue weighted by Crippen LogP contribution is 2.46. The Balaban J connectivity index is 0.964. The van der Waals surface area contributed by atoms with Gasteiger partial charge >= 0.3 is 0 Å². The van der Waals surface area contributed by atoms with Crippen molar-refractivity contribution in [2.24, 2.45) is 0 Å². The molecule has 10 aromatic carbocycles. The Morgan fingerprint density at radius 1 is 0.283 bits per heavy atom. The second kappa shape index (κ2) is 12.7. The highest BCUT2D eigenvalue weighted by molar-refractivity contribution is 6.20. The van der Waals surface area contributed by atoms with Gasteiger partial charge in [0.2, 0.25) is 0 Å². The van der Waals surface area contributed by atoms with E-state index in [-0.39, 0.29) is 0 Å². The lowest BCUT2D eigenvalue weighted by molar-refractivity contribution is 0.669. The lowest BCUT2D eigenvalue weighted by atomic mass is 9.97.